The maximum atomic E-state index is 9.53. The van der Waals surface area contributed by atoms with E-state index in [0.29, 0.717) is 0 Å². The van der Waals surface area contributed by atoms with E-state index in [1.165, 1.54) is 9.13 Å². The van der Waals surface area contributed by atoms with Crippen molar-refractivity contribution < 1.29 is 0 Å². The zero-order valence-electron chi connectivity index (χ0n) is 10.8. The summed E-state index contributed by atoms with van der Waals surface area (Å²) in [6, 6.07) is 18.6. The topological polar surface area (TPSA) is 27.0 Å². The molecule has 98 valence electrons. The van der Waals surface area contributed by atoms with Crippen molar-refractivity contribution in [3.63, 3.8) is 0 Å². The van der Waals surface area contributed by atoms with Gasteiger partial charge in [-0.15, -0.1) is 0 Å². The number of halogens is 1. The summed E-state index contributed by atoms with van der Waals surface area (Å²) in [6.45, 7) is 0.752. The number of fused-ring (bicyclic) bond motifs is 1. The van der Waals surface area contributed by atoms with Gasteiger partial charge >= 0.3 is 0 Å². The molecule has 1 atom stereocenters. The van der Waals surface area contributed by atoms with Crippen molar-refractivity contribution >= 4 is 28.7 Å². The fourth-order valence-corrected chi connectivity index (χ4v) is 3.02. The minimum atomic E-state index is -0.216. The van der Waals surface area contributed by atoms with Crippen molar-refractivity contribution in [1.82, 2.24) is 4.90 Å². The van der Waals surface area contributed by atoms with Gasteiger partial charge in [0.05, 0.1) is 6.07 Å². The Labute approximate surface area is 132 Å². The number of hydrogen-bond donors (Lipinski definition) is 0. The number of rotatable bonds is 2. The molecular formula is C17H13IN2. The van der Waals surface area contributed by atoms with Gasteiger partial charge in [-0.3, -0.25) is 0 Å². The summed E-state index contributed by atoms with van der Waals surface area (Å²) in [6.07, 6.45) is 4.11. The zero-order valence-corrected chi connectivity index (χ0v) is 13.0. The van der Waals surface area contributed by atoms with Gasteiger partial charge in [-0.25, -0.2) is 0 Å². The van der Waals surface area contributed by atoms with Crippen LogP contribution >= 0.6 is 22.6 Å². The molecule has 2 nitrogen and oxygen atoms in total. The molecule has 0 aromatic heterocycles. The lowest BCUT2D eigenvalue weighted by Crippen LogP contribution is -2.25. The van der Waals surface area contributed by atoms with Gasteiger partial charge in [0.15, 0.2) is 0 Å². The van der Waals surface area contributed by atoms with E-state index < -0.39 is 0 Å². The Morgan fingerprint density at radius 2 is 1.85 bits per heavy atom. The van der Waals surface area contributed by atoms with E-state index in [0.717, 1.165) is 17.7 Å². The van der Waals surface area contributed by atoms with Crippen molar-refractivity contribution in [2.24, 2.45) is 0 Å². The van der Waals surface area contributed by atoms with E-state index in [1.54, 1.807) is 0 Å². The van der Waals surface area contributed by atoms with Gasteiger partial charge in [-0.1, -0.05) is 42.5 Å². The van der Waals surface area contributed by atoms with Crippen LogP contribution in [0.4, 0.5) is 0 Å². The van der Waals surface area contributed by atoms with Crippen LogP contribution in [0.1, 0.15) is 22.7 Å². The van der Waals surface area contributed by atoms with Crippen molar-refractivity contribution in [1.29, 1.82) is 5.26 Å². The highest BCUT2D eigenvalue weighted by Gasteiger charge is 2.23. The molecule has 0 bridgehead atoms. The van der Waals surface area contributed by atoms with Crippen LogP contribution in [0.5, 0.6) is 0 Å². The Balaban J connectivity index is 1.93. The Bertz CT molecular complexity index is 700. The monoisotopic (exact) mass is 372 g/mol. The van der Waals surface area contributed by atoms with E-state index in [1.807, 2.05) is 36.5 Å². The summed E-state index contributed by atoms with van der Waals surface area (Å²) in [5.41, 5.74) is 3.47. The summed E-state index contributed by atoms with van der Waals surface area (Å²) in [4.78, 5) is 2.10. The second-order valence-corrected chi connectivity index (χ2v) is 5.90. The first-order chi connectivity index (χ1) is 9.79. The van der Waals surface area contributed by atoms with Crippen LogP contribution in [0.25, 0.3) is 6.08 Å². The number of nitrogens with zero attached hydrogens (tertiary/aromatic N) is 2. The molecule has 3 rings (SSSR count). The highest BCUT2D eigenvalue weighted by molar-refractivity contribution is 14.1. The van der Waals surface area contributed by atoms with Gasteiger partial charge in [0.2, 0.25) is 0 Å². The summed E-state index contributed by atoms with van der Waals surface area (Å²) in [5.74, 6) is 0. The van der Waals surface area contributed by atoms with E-state index in [4.69, 9.17) is 0 Å². The maximum Gasteiger partial charge on any atom is 0.143 e. The van der Waals surface area contributed by atoms with Crippen LogP contribution in [-0.2, 0) is 6.54 Å². The third-order valence-electron chi connectivity index (χ3n) is 3.50. The Morgan fingerprint density at radius 3 is 2.65 bits per heavy atom. The highest BCUT2D eigenvalue weighted by Crippen LogP contribution is 2.31. The van der Waals surface area contributed by atoms with Crippen molar-refractivity contribution in [2.75, 3.05) is 0 Å². The minimum absolute atomic E-state index is 0.216. The molecule has 0 fully saturated rings. The average Bonchev–Trinajstić information content (AvgIpc) is 2.49. The SMILES string of the molecule is N#CC1c2ccccc2C=CN1Cc1ccccc1I. The van der Waals surface area contributed by atoms with Gasteiger partial charge in [0.25, 0.3) is 0 Å². The molecule has 0 saturated heterocycles. The quantitative estimate of drug-likeness (QED) is 0.734. The third kappa shape index (κ3) is 2.44. The largest absolute Gasteiger partial charge is 0.354 e. The summed E-state index contributed by atoms with van der Waals surface area (Å²) < 4.78 is 1.23. The third-order valence-corrected chi connectivity index (χ3v) is 4.55. The molecule has 3 heteroatoms. The van der Waals surface area contributed by atoms with E-state index in [2.05, 4.69) is 57.8 Å². The fraction of sp³-hybridized carbons (Fsp3) is 0.118. The molecule has 1 aliphatic rings. The van der Waals surface area contributed by atoms with Crippen LogP contribution in [0, 0.1) is 14.9 Å². The predicted octanol–water partition coefficient (Wildman–Crippen LogP) is 4.34. The normalized spacial score (nSPS) is 16.6. The minimum Gasteiger partial charge on any atom is -0.354 e. The van der Waals surface area contributed by atoms with E-state index in [9.17, 15) is 5.26 Å². The standard InChI is InChI=1S/C17H13IN2/c18-16-8-4-2-6-14(16)12-20-10-9-13-5-1-3-7-15(13)17(20)11-19/h1-10,17H,12H2. The lowest BCUT2D eigenvalue weighted by atomic mass is 9.96. The summed E-state index contributed by atoms with van der Waals surface area (Å²) in [5, 5.41) is 9.53. The van der Waals surface area contributed by atoms with Gasteiger partial charge in [0.1, 0.15) is 6.04 Å². The molecule has 1 unspecified atom stereocenters. The van der Waals surface area contributed by atoms with E-state index in [-0.39, 0.29) is 6.04 Å². The first kappa shape index (κ1) is 13.2. The maximum absolute atomic E-state index is 9.53. The molecule has 2 aromatic carbocycles. The van der Waals surface area contributed by atoms with E-state index >= 15 is 0 Å². The first-order valence-electron chi connectivity index (χ1n) is 6.45. The number of benzene rings is 2. The van der Waals surface area contributed by atoms with Crippen LogP contribution in [0.15, 0.2) is 54.7 Å². The number of nitriles is 1. The molecule has 0 spiro atoms. The molecule has 0 N–H and O–H groups in total. The van der Waals surface area contributed by atoms with Crippen LogP contribution in [0.2, 0.25) is 0 Å². The Hall–Kier alpha value is -1.80. The number of hydrogen-bond acceptors (Lipinski definition) is 2. The molecule has 2 aromatic rings. The fourth-order valence-electron chi connectivity index (χ4n) is 2.46. The molecular weight excluding hydrogens is 359 g/mol. The van der Waals surface area contributed by atoms with Crippen LogP contribution in [0.3, 0.4) is 0 Å². The second kappa shape index (κ2) is 5.68. The van der Waals surface area contributed by atoms with Gasteiger partial charge in [-0.2, -0.15) is 5.26 Å². The summed E-state index contributed by atoms with van der Waals surface area (Å²) in [7, 11) is 0. The smallest absolute Gasteiger partial charge is 0.143 e. The lowest BCUT2D eigenvalue weighted by Gasteiger charge is -2.30. The van der Waals surface area contributed by atoms with Crippen LogP contribution < -0.4 is 0 Å². The van der Waals surface area contributed by atoms with Crippen molar-refractivity contribution in [3.05, 3.63) is 75.0 Å². The molecule has 1 heterocycles. The van der Waals surface area contributed by atoms with Gasteiger partial charge in [0, 0.05) is 16.3 Å². The lowest BCUT2D eigenvalue weighted by molar-refractivity contribution is 0.320. The molecule has 1 aliphatic heterocycles. The molecule has 0 radical (unpaired) electrons. The van der Waals surface area contributed by atoms with Gasteiger partial charge in [-0.05, 0) is 51.4 Å². The summed E-state index contributed by atoms with van der Waals surface area (Å²) >= 11 is 2.34. The second-order valence-electron chi connectivity index (χ2n) is 4.74. The average molecular weight is 372 g/mol. The Morgan fingerprint density at radius 1 is 1.10 bits per heavy atom. The van der Waals surface area contributed by atoms with Crippen molar-refractivity contribution in [2.45, 2.75) is 12.6 Å². The highest BCUT2D eigenvalue weighted by atomic mass is 127. The van der Waals surface area contributed by atoms with Crippen molar-refractivity contribution in [3.8, 4) is 6.07 Å². The first-order valence-corrected chi connectivity index (χ1v) is 7.53. The van der Waals surface area contributed by atoms with Crippen LogP contribution in [-0.4, -0.2) is 4.90 Å². The van der Waals surface area contributed by atoms with Gasteiger partial charge < -0.3 is 4.90 Å². The molecule has 0 amide bonds. The Kier molecular flexibility index (Phi) is 3.75. The predicted molar refractivity (Wildman–Crippen MR) is 88.5 cm³/mol. The molecule has 20 heavy (non-hydrogen) atoms. The molecule has 0 saturated carbocycles. The molecule has 0 aliphatic carbocycles. The zero-order chi connectivity index (χ0) is 13.9.